The molecule has 0 fully saturated rings. The molecule has 2 aromatic carbocycles. The van der Waals surface area contributed by atoms with E-state index in [0.717, 1.165) is 39.7 Å². The lowest BCUT2D eigenvalue weighted by Gasteiger charge is -2.26. The van der Waals surface area contributed by atoms with Crippen molar-refractivity contribution in [1.29, 1.82) is 0 Å². The number of ether oxygens (including phenoxy) is 1. The average Bonchev–Trinajstić information content (AvgIpc) is 2.99. The second kappa shape index (κ2) is 6.66. The van der Waals surface area contributed by atoms with E-state index in [1.54, 1.807) is 0 Å². The molecule has 3 heteroatoms. The maximum absolute atomic E-state index is 6.09. The highest BCUT2D eigenvalue weighted by Crippen LogP contribution is 2.46. The van der Waals surface area contributed by atoms with Crippen molar-refractivity contribution in [1.82, 2.24) is 0 Å². The fourth-order valence-corrected chi connectivity index (χ4v) is 3.95. The molecule has 0 saturated carbocycles. The Morgan fingerprint density at radius 2 is 1.85 bits per heavy atom. The average molecular weight is 356 g/mol. The molecule has 2 heterocycles. The Labute approximate surface area is 160 Å². The molecule has 4 rings (SSSR count). The minimum absolute atomic E-state index is 0.0781. The third-order valence-electron chi connectivity index (χ3n) is 5.04. The van der Waals surface area contributed by atoms with Gasteiger partial charge >= 0.3 is 0 Å². The van der Waals surface area contributed by atoms with Crippen molar-refractivity contribution in [2.75, 3.05) is 0 Å². The van der Waals surface area contributed by atoms with E-state index in [4.69, 9.17) is 14.7 Å². The van der Waals surface area contributed by atoms with Crippen LogP contribution in [0, 0.1) is 0 Å². The lowest BCUT2D eigenvalue weighted by Crippen LogP contribution is -2.21. The van der Waals surface area contributed by atoms with Gasteiger partial charge in [-0.15, -0.1) is 0 Å². The molecule has 0 radical (unpaired) electrons. The lowest BCUT2D eigenvalue weighted by molar-refractivity contribution is 0.242. The molecule has 136 valence electrons. The Morgan fingerprint density at radius 3 is 2.59 bits per heavy atom. The fourth-order valence-electron chi connectivity index (χ4n) is 3.95. The molecule has 0 aromatic heterocycles. The molecule has 0 saturated heterocycles. The van der Waals surface area contributed by atoms with Crippen LogP contribution >= 0.6 is 0 Å². The maximum atomic E-state index is 6.09. The summed E-state index contributed by atoms with van der Waals surface area (Å²) < 4.78 is 6.09. The van der Waals surface area contributed by atoms with Crippen LogP contribution in [-0.2, 0) is 0 Å². The van der Waals surface area contributed by atoms with Crippen molar-refractivity contribution in [3.8, 4) is 5.75 Å². The van der Waals surface area contributed by atoms with Gasteiger partial charge in [0.1, 0.15) is 5.75 Å². The van der Waals surface area contributed by atoms with Crippen molar-refractivity contribution >= 4 is 23.2 Å². The molecule has 0 amide bonds. The largest absolute Gasteiger partial charge is 0.490 e. The van der Waals surface area contributed by atoms with Crippen LogP contribution in [0.3, 0.4) is 0 Å². The molecule has 27 heavy (non-hydrogen) atoms. The van der Waals surface area contributed by atoms with Gasteiger partial charge in [0.05, 0.1) is 23.4 Å². The van der Waals surface area contributed by atoms with E-state index in [9.17, 15) is 0 Å². The highest BCUT2D eigenvalue weighted by Gasteiger charge is 2.37. The first-order chi connectivity index (χ1) is 13.0. The summed E-state index contributed by atoms with van der Waals surface area (Å²) in [5, 5.41) is 0. The van der Waals surface area contributed by atoms with Gasteiger partial charge in [0.25, 0.3) is 0 Å². The zero-order valence-corrected chi connectivity index (χ0v) is 16.3. The van der Waals surface area contributed by atoms with Crippen molar-refractivity contribution in [3.63, 3.8) is 0 Å². The third kappa shape index (κ3) is 2.93. The van der Waals surface area contributed by atoms with Gasteiger partial charge in [-0.3, -0.25) is 9.98 Å². The van der Waals surface area contributed by atoms with Crippen LogP contribution < -0.4 is 4.74 Å². The first-order valence-corrected chi connectivity index (χ1v) is 9.37. The van der Waals surface area contributed by atoms with Crippen LogP contribution in [-0.4, -0.2) is 17.5 Å². The molecule has 0 N–H and O–H groups in total. The van der Waals surface area contributed by atoms with Gasteiger partial charge in [0, 0.05) is 22.5 Å². The van der Waals surface area contributed by atoms with E-state index >= 15 is 0 Å². The second-order valence-corrected chi connectivity index (χ2v) is 7.31. The molecule has 2 aliphatic heterocycles. The molecule has 0 spiro atoms. The third-order valence-corrected chi connectivity index (χ3v) is 5.04. The minimum Gasteiger partial charge on any atom is -0.490 e. The summed E-state index contributed by atoms with van der Waals surface area (Å²) in [5.74, 6) is 0.955. The number of hydrogen-bond donors (Lipinski definition) is 0. The van der Waals surface area contributed by atoms with Crippen molar-refractivity contribution < 1.29 is 4.74 Å². The van der Waals surface area contributed by atoms with E-state index in [-0.39, 0.29) is 12.0 Å². The number of allylic oxidation sites excluding steroid dienone is 2. The van der Waals surface area contributed by atoms with Gasteiger partial charge in [-0.25, -0.2) is 0 Å². The van der Waals surface area contributed by atoms with Crippen LogP contribution in [0.2, 0.25) is 0 Å². The Balaban J connectivity index is 1.90. The van der Waals surface area contributed by atoms with Crippen molar-refractivity contribution in [2.45, 2.75) is 39.7 Å². The van der Waals surface area contributed by atoms with Crippen LogP contribution in [0.1, 0.15) is 50.3 Å². The summed E-state index contributed by atoms with van der Waals surface area (Å²) >= 11 is 0. The summed E-state index contributed by atoms with van der Waals surface area (Å²) in [7, 11) is 0. The number of para-hydroxylation sites is 1. The molecular formula is C24H24N2O. The van der Waals surface area contributed by atoms with E-state index in [1.807, 2.05) is 38.1 Å². The lowest BCUT2D eigenvalue weighted by atomic mass is 9.80. The summed E-state index contributed by atoms with van der Waals surface area (Å²) in [6.45, 7) is 12.2. The Hall–Kier alpha value is -2.94. The number of benzene rings is 2. The summed E-state index contributed by atoms with van der Waals surface area (Å²) in [6, 6.07) is 14.5. The first kappa shape index (κ1) is 17.5. The molecular weight excluding hydrogens is 332 g/mol. The quantitative estimate of drug-likeness (QED) is 0.653. The monoisotopic (exact) mass is 356 g/mol. The van der Waals surface area contributed by atoms with E-state index < -0.39 is 0 Å². The van der Waals surface area contributed by atoms with E-state index in [2.05, 4.69) is 44.7 Å². The predicted molar refractivity (Wildman–Crippen MR) is 113 cm³/mol. The number of aliphatic imine (C=N–C) groups is 2. The summed E-state index contributed by atoms with van der Waals surface area (Å²) in [6.07, 6.45) is 1.99. The maximum Gasteiger partial charge on any atom is 0.128 e. The predicted octanol–water partition coefficient (Wildman–Crippen LogP) is 6.08. The van der Waals surface area contributed by atoms with Gasteiger partial charge in [0.2, 0.25) is 0 Å². The normalized spacial score (nSPS) is 18.0. The standard InChI is InChI=1S/C24H24N2O/c1-6-17-11-12-20-19(13-17)23-22(15(4)25-20)16(5)26-24(23)18-9-7-8-10-21(18)27-14(2)3/h6-14,23H,1H2,2-5H3. The number of hydrogen-bond acceptors (Lipinski definition) is 3. The molecule has 1 atom stereocenters. The van der Waals surface area contributed by atoms with Crippen molar-refractivity contribution in [3.05, 3.63) is 77.0 Å². The Kier molecular flexibility index (Phi) is 4.31. The second-order valence-electron chi connectivity index (χ2n) is 7.31. The molecule has 0 bridgehead atoms. The number of fused-ring (bicyclic) bond motifs is 3. The molecule has 3 nitrogen and oxygen atoms in total. The van der Waals surface area contributed by atoms with Gasteiger partial charge in [0.15, 0.2) is 0 Å². The Bertz CT molecular complexity index is 1020. The fraction of sp³-hybridized carbons (Fsp3) is 0.250. The van der Waals surface area contributed by atoms with E-state index in [0.29, 0.717) is 0 Å². The van der Waals surface area contributed by atoms with Crippen molar-refractivity contribution in [2.24, 2.45) is 9.98 Å². The topological polar surface area (TPSA) is 34.0 Å². The van der Waals surface area contributed by atoms with Gasteiger partial charge in [-0.2, -0.15) is 0 Å². The Morgan fingerprint density at radius 1 is 1.07 bits per heavy atom. The van der Waals surface area contributed by atoms with E-state index in [1.165, 1.54) is 11.1 Å². The zero-order chi connectivity index (χ0) is 19.1. The van der Waals surface area contributed by atoms with Crippen LogP contribution in [0.25, 0.3) is 6.08 Å². The van der Waals surface area contributed by atoms with Crippen LogP contribution in [0.5, 0.6) is 5.75 Å². The minimum atomic E-state index is 0.0781. The van der Waals surface area contributed by atoms with Gasteiger partial charge in [-0.05, 0) is 63.1 Å². The molecule has 0 aliphatic carbocycles. The SMILES string of the molecule is C=Cc1ccc2c(c1)C1C(c3ccccc3OC(C)C)=NC(C)=C1C(C)=N2. The van der Waals surface area contributed by atoms with Crippen LogP contribution in [0.4, 0.5) is 5.69 Å². The number of nitrogens with zero attached hydrogens (tertiary/aromatic N) is 2. The first-order valence-electron chi connectivity index (χ1n) is 9.37. The summed E-state index contributed by atoms with van der Waals surface area (Å²) in [5.41, 5.74) is 8.66. The number of rotatable bonds is 4. The van der Waals surface area contributed by atoms with Crippen LogP contribution in [0.15, 0.2) is 70.3 Å². The molecule has 2 aliphatic rings. The zero-order valence-electron chi connectivity index (χ0n) is 16.3. The van der Waals surface area contributed by atoms with Gasteiger partial charge < -0.3 is 4.74 Å². The highest BCUT2D eigenvalue weighted by molar-refractivity contribution is 6.20. The smallest absolute Gasteiger partial charge is 0.128 e. The summed E-state index contributed by atoms with van der Waals surface area (Å²) in [4.78, 5) is 9.82. The highest BCUT2D eigenvalue weighted by atomic mass is 16.5. The van der Waals surface area contributed by atoms with Gasteiger partial charge in [-0.1, -0.05) is 30.9 Å². The molecule has 1 unspecified atom stereocenters. The molecule has 2 aromatic rings.